The van der Waals surface area contributed by atoms with Crippen molar-refractivity contribution in [3.63, 3.8) is 0 Å². The van der Waals surface area contributed by atoms with Gasteiger partial charge in [0.25, 0.3) is 0 Å². The predicted octanol–water partition coefficient (Wildman–Crippen LogP) is 4.38. The molecule has 0 spiro atoms. The second-order valence-corrected chi connectivity index (χ2v) is 6.96. The third-order valence-electron chi connectivity index (χ3n) is 4.87. The zero-order chi connectivity index (χ0) is 20.4. The second-order valence-electron chi connectivity index (χ2n) is 6.96. The highest BCUT2D eigenvalue weighted by Gasteiger charge is 2.14. The Morgan fingerprint density at radius 1 is 1.29 bits per heavy atom. The minimum absolute atomic E-state index is 0.348. The van der Waals surface area contributed by atoms with Gasteiger partial charge >= 0.3 is 0 Å². The minimum Gasteiger partial charge on any atom is -0.344 e. The molecule has 1 aliphatic rings. The van der Waals surface area contributed by atoms with Crippen LogP contribution in [-0.4, -0.2) is 49.2 Å². The van der Waals surface area contributed by atoms with Crippen molar-refractivity contribution in [3.05, 3.63) is 54.9 Å². The van der Waals surface area contributed by atoms with E-state index in [0.29, 0.717) is 5.92 Å². The summed E-state index contributed by atoms with van der Waals surface area (Å²) in [5.41, 5.74) is 4.26. The number of carbonyl (C=O) groups is 1. The molecule has 0 saturated carbocycles. The lowest BCUT2D eigenvalue weighted by Crippen LogP contribution is -2.30. The van der Waals surface area contributed by atoms with E-state index in [2.05, 4.69) is 46.0 Å². The number of rotatable bonds is 4. The lowest BCUT2D eigenvalue weighted by molar-refractivity contribution is -0.112. The maximum absolute atomic E-state index is 10.2. The average Bonchev–Trinajstić information content (AvgIpc) is 2.75. The number of carbonyl (C=O) groups excluding carboxylic acids is 1. The van der Waals surface area contributed by atoms with Gasteiger partial charge in [-0.05, 0) is 63.2 Å². The molecule has 148 valence electrons. The second kappa shape index (κ2) is 11.1. The first-order valence-electron chi connectivity index (χ1n) is 9.58. The zero-order valence-electron chi connectivity index (χ0n) is 17.1. The molecule has 0 bridgehead atoms. The van der Waals surface area contributed by atoms with Crippen LogP contribution in [0.25, 0.3) is 17.2 Å². The molecule has 1 aromatic heterocycles. The molecule has 5 heteroatoms. The Morgan fingerprint density at radius 2 is 2.04 bits per heavy atom. The molecule has 0 unspecified atom stereocenters. The van der Waals surface area contributed by atoms with Gasteiger partial charge < -0.3 is 15.0 Å². The van der Waals surface area contributed by atoms with Crippen molar-refractivity contribution in [1.29, 1.82) is 0 Å². The SMILES string of the molecule is C=Cc1ccc(-c2cccnc2)cc1NC(C)=NC.CN1CCC(C=O)CC1. The first-order chi connectivity index (χ1) is 13.6. The molecule has 2 aromatic rings. The molecule has 1 aromatic carbocycles. The molecule has 0 radical (unpaired) electrons. The third kappa shape index (κ3) is 6.43. The number of aldehydes is 1. The molecule has 5 nitrogen and oxygen atoms in total. The molecule has 28 heavy (non-hydrogen) atoms. The van der Waals surface area contributed by atoms with E-state index in [1.165, 1.54) is 0 Å². The van der Waals surface area contributed by atoms with Gasteiger partial charge in [-0.25, -0.2) is 0 Å². The van der Waals surface area contributed by atoms with Crippen LogP contribution >= 0.6 is 0 Å². The van der Waals surface area contributed by atoms with E-state index in [0.717, 1.165) is 60.4 Å². The van der Waals surface area contributed by atoms with Crippen LogP contribution in [0.15, 0.2) is 54.3 Å². The first kappa shape index (κ1) is 21.5. The minimum atomic E-state index is 0.348. The number of anilines is 1. The van der Waals surface area contributed by atoms with Crippen LogP contribution < -0.4 is 5.32 Å². The van der Waals surface area contributed by atoms with Gasteiger partial charge in [0.2, 0.25) is 0 Å². The molecule has 2 heterocycles. The fourth-order valence-electron chi connectivity index (χ4n) is 2.97. The van der Waals surface area contributed by atoms with Crippen molar-refractivity contribution >= 4 is 23.9 Å². The van der Waals surface area contributed by atoms with E-state index < -0.39 is 0 Å². The Balaban J connectivity index is 0.000000261. The van der Waals surface area contributed by atoms with E-state index >= 15 is 0 Å². The zero-order valence-corrected chi connectivity index (χ0v) is 17.1. The van der Waals surface area contributed by atoms with Crippen molar-refractivity contribution in [3.8, 4) is 11.1 Å². The molecule has 1 aliphatic heterocycles. The summed E-state index contributed by atoms with van der Waals surface area (Å²) in [5, 5.41) is 3.28. The summed E-state index contributed by atoms with van der Waals surface area (Å²) in [6.45, 7) is 7.94. The van der Waals surface area contributed by atoms with Gasteiger partial charge in [0.05, 0.1) is 5.84 Å². The normalized spacial score (nSPS) is 15.3. The van der Waals surface area contributed by atoms with Crippen LogP contribution in [0, 0.1) is 5.92 Å². The number of nitrogens with one attached hydrogen (secondary N) is 1. The molecule has 1 N–H and O–H groups in total. The molecular formula is C23H30N4O. The fourth-order valence-corrected chi connectivity index (χ4v) is 2.97. The number of hydrogen-bond donors (Lipinski definition) is 1. The maximum atomic E-state index is 10.2. The molecular weight excluding hydrogens is 348 g/mol. The van der Waals surface area contributed by atoms with Gasteiger partial charge in [-0.2, -0.15) is 0 Å². The number of amidine groups is 1. The monoisotopic (exact) mass is 378 g/mol. The fraction of sp³-hybridized carbons (Fsp3) is 0.348. The summed E-state index contributed by atoms with van der Waals surface area (Å²) in [5.74, 6) is 1.22. The van der Waals surface area contributed by atoms with Crippen molar-refractivity contribution < 1.29 is 4.79 Å². The van der Waals surface area contributed by atoms with E-state index in [1.807, 2.05) is 37.4 Å². The average molecular weight is 379 g/mol. The van der Waals surface area contributed by atoms with Crippen molar-refractivity contribution in [2.24, 2.45) is 10.9 Å². The standard InChI is InChI=1S/C16H17N3.C7H13NO/c1-4-13-7-8-14(15-6-5-9-18-11-15)10-16(13)19-12(2)17-3;1-8-4-2-7(6-9)3-5-8/h4-11H,1H2,2-3H3,(H,17,19);6-7H,2-5H2,1H3. The number of piperidine rings is 1. The summed E-state index contributed by atoms with van der Waals surface area (Å²) in [7, 11) is 3.86. The summed E-state index contributed by atoms with van der Waals surface area (Å²) in [4.78, 5) is 20.8. The van der Waals surface area contributed by atoms with Crippen molar-refractivity contribution in [2.75, 3.05) is 32.5 Å². The van der Waals surface area contributed by atoms with Gasteiger partial charge in [-0.3, -0.25) is 9.98 Å². The Labute approximate surface area is 168 Å². The Bertz CT molecular complexity index is 794. The van der Waals surface area contributed by atoms with Crippen LogP contribution in [0.4, 0.5) is 5.69 Å². The highest BCUT2D eigenvalue weighted by molar-refractivity contribution is 5.96. The largest absolute Gasteiger partial charge is 0.344 e. The first-order valence-corrected chi connectivity index (χ1v) is 9.58. The van der Waals surface area contributed by atoms with Crippen LogP contribution in [0.2, 0.25) is 0 Å². The van der Waals surface area contributed by atoms with Gasteiger partial charge in [0.1, 0.15) is 6.29 Å². The van der Waals surface area contributed by atoms with E-state index in [4.69, 9.17) is 0 Å². The number of likely N-dealkylation sites (tertiary alicyclic amines) is 1. The topological polar surface area (TPSA) is 57.6 Å². The number of pyridine rings is 1. The highest BCUT2D eigenvalue weighted by Crippen LogP contribution is 2.26. The number of aliphatic imine (C=N–C) groups is 1. The summed E-state index contributed by atoms with van der Waals surface area (Å²) >= 11 is 0. The number of nitrogens with zero attached hydrogens (tertiary/aromatic N) is 3. The van der Waals surface area contributed by atoms with Gasteiger partial charge in [0, 0.05) is 36.6 Å². The molecule has 0 amide bonds. The van der Waals surface area contributed by atoms with Crippen LogP contribution in [-0.2, 0) is 4.79 Å². The van der Waals surface area contributed by atoms with Gasteiger partial charge in [-0.1, -0.05) is 30.9 Å². The van der Waals surface area contributed by atoms with Gasteiger partial charge in [0.15, 0.2) is 0 Å². The van der Waals surface area contributed by atoms with Crippen LogP contribution in [0.3, 0.4) is 0 Å². The van der Waals surface area contributed by atoms with Crippen molar-refractivity contribution in [1.82, 2.24) is 9.88 Å². The molecule has 3 rings (SSSR count). The van der Waals surface area contributed by atoms with Crippen LogP contribution in [0.1, 0.15) is 25.3 Å². The highest BCUT2D eigenvalue weighted by atomic mass is 16.1. The Kier molecular flexibility index (Phi) is 8.56. The summed E-state index contributed by atoms with van der Waals surface area (Å²) in [6.07, 6.45) is 8.66. The Morgan fingerprint density at radius 3 is 2.61 bits per heavy atom. The van der Waals surface area contributed by atoms with E-state index in [9.17, 15) is 4.79 Å². The maximum Gasteiger partial charge on any atom is 0.123 e. The van der Waals surface area contributed by atoms with Crippen molar-refractivity contribution in [2.45, 2.75) is 19.8 Å². The van der Waals surface area contributed by atoms with Gasteiger partial charge in [-0.15, -0.1) is 0 Å². The number of benzene rings is 1. The summed E-state index contributed by atoms with van der Waals surface area (Å²) in [6, 6.07) is 10.2. The smallest absolute Gasteiger partial charge is 0.123 e. The Hall–Kier alpha value is -2.79. The predicted molar refractivity (Wildman–Crippen MR) is 119 cm³/mol. The third-order valence-corrected chi connectivity index (χ3v) is 4.87. The van der Waals surface area contributed by atoms with Crippen LogP contribution in [0.5, 0.6) is 0 Å². The molecule has 1 saturated heterocycles. The van der Waals surface area contributed by atoms with E-state index in [-0.39, 0.29) is 0 Å². The molecule has 0 aliphatic carbocycles. The number of aromatic nitrogens is 1. The van der Waals surface area contributed by atoms with E-state index in [1.54, 1.807) is 13.2 Å². The molecule has 1 fully saturated rings. The number of hydrogen-bond acceptors (Lipinski definition) is 4. The quantitative estimate of drug-likeness (QED) is 0.487. The lowest BCUT2D eigenvalue weighted by Gasteiger charge is -2.25. The molecule has 0 atom stereocenters. The lowest BCUT2D eigenvalue weighted by atomic mass is 9.99. The summed E-state index contributed by atoms with van der Waals surface area (Å²) < 4.78 is 0.